The highest BCUT2D eigenvalue weighted by Crippen LogP contribution is 2.39. The van der Waals surface area contributed by atoms with E-state index in [0.29, 0.717) is 27.6 Å². The fourth-order valence-corrected chi connectivity index (χ4v) is 2.65. The van der Waals surface area contributed by atoms with Gasteiger partial charge in [0.25, 0.3) is 0 Å². The SMILES string of the molecule is O=C(OCc1cc(Cl)c2c(c1)OCO2)c1ccc(-n2cnnn2)cc1. The topological polar surface area (TPSA) is 88.4 Å². The van der Waals surface area contributed by atoms with E-state index >= 15 is 0 Å². The molecule has 2 heterocycles. The summed E-state index contributed by atoms with van der Waals surface area (Å²) in [5.41, 5.74) is 1.88. The molecule has 1 aliphatic rings. The van der Waals surface area contributed by atoms with E-state index in [4.69, 9.17) is 25.8 Å². The van der Waals surface area contributed by atoms with Gasteiger partial charge in [-0.15, -0.1) is 5.10 Å². The number of hydrogen-bond acceptors (Lipinski definition) is 7. The van der Waals surface area contributed by atoms with Crippen LogP contribution in [0.15, 0.2) is 42.7 Å². The molecule has 1 aromatic heterocycles. The zero-order valence-electron chi connectivity index (χ0n) is 12.8. The third-order valence-corrected chi connectivity index (χ3v) is 3.85. The van der Waals surface area contributed by atoms with Gasteiger partial charge in [-0.25, -0.2) is 9.48 Å². The lowest BCUT2D eigenvalue weighted by molar-refractivity contribution is 0.0472. The molecule has 1 aliphatic heterocycles. The summed E-state index contributed by atoms with van der Waals surface area (Å²) in [7, 11) is 0. The molecule has 0 saturated heterocycles. The number of esters is 1. The van der Waals surface area contributed by atoms with Gasteiger partial charge in [0.2, 0.25) is 6.79 Å². The minimum absolute atomic E-state index is 0.0734. The van der Waals surface area contributed by atoms with Crippen molar-refractivity contribution >= 4 is 17.6 Å². The van der Waals surface area contributed by atoms with E-state index in [-0.39, 0.29) is 13.4 Å². The van der Waals surface area contributed by atoms with Crippen molar-refractivity contribution in [3.63, 3.8) is 0 Å². The summed E-state index contributed by atoms with van der Waals surface area (Å²) in [6, 6.07) is 10.2. The summed E-state index contributed by atoms with van der Waals surface area (Å²) in [5, 5.41) is 11.3. The van der Waals surface area contributed by atoms with E-state index in [2.05, 4.69) is 15.5 Å². The average molecular weight is 359 g/mol. The average Bonchev–Trinajstić information content (AvgIpc) is 3.31. The summed E-state index contributed by atoms with van der Waals surface area (Å²) in [6.45, 7) is 0.204. The Morgan fingerprint density at radius 3 is 2.84 bits per heavy atom. The van der Waals surface area contributed by atoms with Gasteiger partial charge >= 0.3 is 5.97 Å². The van der Waals surface area contributed by atoms with Gasteiger partial charge in [0.15, 0.2) is 11.5 Å². The van der Waals surface area contributed by atoms with Crippen molar-refractivity contribution in [2.24, 2.45) is 0 Å². The Kier molecular flexibility index (Phi) is 3.95. The van der Waals surface area contributed by atoms with Crippen LogP contribution in [0.4, 0.5) is 0 Å². The number of rotatable bonds is 4. The van der Waals surface area contributed by atoms with Gasteiger partial charge in [-0.1, -0.05) is 11.6 Å². The van der Waals surface area contributed by atoms with Crippen LogP contribution in [0.5, 0.6) is 11.5 Å². The summed E-state index contributed by atoms with van der Waals surface area (Å²) in [6.07, 6.45) is 1.47. The number of benzene rings is 2. The molecule has 8 nitrogen and oxygen atoms in total. The molecule has 0 spiro atoms. The van der Waals surface area contributed by atoms with E-state index in [1.165, 1.54) is 11.0 Å². The third-order valence-electron chi connectivity index (χ3n) is 3.57. The molecule has 126 valence electrons. The number of tetrazole rings is 1. The molecular weight excluding hydrogens is 348 g/mol. The van der Waals surface area contributed by atoms with Crippen molar-refractivity contribution < 1.29 is 19.0 Å². The van der Waals surface area contributed by atoms with E-state index in [1.807, 2.05) is 0 Å². The van der Waals surface area contributed by atoms with Crippen molar-refractivity contribution in [2.45, 2.75) is 6.61 Å². The number of halogens is 1. The lowest BCUT2D eigenvalue weighted by atomic mass is 10.2. The van der Waals surface area contributed by atoms with Crippen LogP contribution < -0.4 is 9.47 Å². The molecule has 25 heavy (non-hydrogen) atoms. The first-order valence-electron chi connectivity index (χ1n) is 7.29. The van der Waals surface area contributed by atoms with Gasteiger partial charge in [-0.3, -0.25) is 0 Å². The fourth-order valence-electron chi connectivity index (χ4n) is 2.37. The van der Waals surface area contributed by atoms with Crippen LogP contribution in [0.1, 0.15) is 15.9 Å². The smallest absolute Gasteiger partial charge is 0.338 e. The number of aromatic nitrogens is 4. The Morgan fingerprint density at radius 1 is 1.24 bits per heavy atom. The molecule has 3 aromatic rings. The van der Waals surface area contributed by atoms with E-state index in [0.717, 1.165) is 5.69 Å². The quantitative estimate of drug-likeness (QED) is 0.661. The molecular formula is C16H11ClN4O4. The van der Waals surface area contributed by atoms with Gasteiger partial charge < -0.3 is 14.2 Å². The van der Waals surface area contributed by atoms with Crippen LogP contribution in [0.25, 0.3) is 5.69 Å². The van der Waals surface area contributed by atoms with Crippen LogP contribution in [0.3, 0.4) is 0 Å². The Balaban J connectivity index is 1.43. The van der Waals surface area contributed by atoms with Gasteiger partial charge in [-0.05, 0) is 52.4 Å². The molecule has 0 atom stereocenters. The molecule has 4 rings (SSSR count). The lowest BCUT2D eigenvalue weighted by Gasteiger charge is -2.07. The standard InChI is InChI=1S/C16H11ClN4O4/c17-13-5-10(6-14-15(13)25-9-24-14)7-23-16(22)11-1-3-12(4-2-11)21-8-18-19-20-21/h1-6,8H,7,9H2. The van der Waals surface area contributed by atoms with Gasteiger partial charge in [0, 0.05) is 0 Å². The number of ether oxygens (including phenoxy) is 3. The molecule has 0 unspecified atom stereocenters. The highest BCUT2D eigenvalue weighted by molar-refractivity contribution is 6.32. The maximum absolute atomic E-state index is 12.2. The Bertz CT molecular complexity index is 913. The largest absolute Gasteiger partial charge is 0.457 e. The normalized spacial score (nSPS) is 12.2. The van der Waals surface area contributed by atoms with Crippen LogP contribution in [0.2, 0.25) is 5.02 Å². The summed E-state index contributed by atoms with van der Waals surface area (Å²) >= 11 is 6.11. The van der Waals surface area contributed by atoms with E-state index in [1.54, 1.807) is 36.4 Å². The summed E-state index contributed by atoms with van der Waals surface area (Å²) in [5.74, 6) is 0.608. The van der Waals surface area contributed by atoms with Crippen LogP contribution in [0, 0.1) is 0 Å². The Labute approximate surface area is 146 Å². The summed E-state index contributed by atoms with van der Waals surface area (Å²) in [4.78, 5) is 12.2. The molecule has 0 amide bonds. The van der Waals surface area contributed by atoms with Crippen LogP contribution in [-0.2, 0) is 11.3 Å². The molecule has 2 aromatic carbocycles. The highest BCUT2D eigenvalue weighted by Gasteiger charge is 2.19. The Hall–Kier alpha value is -3.13. The predicted molar refractivity (Wildman–Crippen MR) is 85.8 cm³/mol. The van der Waals surface area contributed by atoms with E-state index < -0.39 is 5.97 Å². The first-order valence-corrected chi connectivity index (χ1v) is 7.67. The molecule has 0 fully saturated rings. The van der Waals surface area contributed by atoms with E-state index in [9.17, 15) is 4.79 Å². The first-order chi connectivity index (χ1) is 12.2. The van der Waals surface area contributed by atoms with Crippen molar-refractivity contribution in [1.82, 2.24) is 20.2 Å². The predicted octanol–water partition coefficient (Wildman–Crippen LogP) is 2.40. The molecule has 9 heteroatoms. The Morgan fingerprint density at radius 2 is 2.08 bits per heavy atom. The van der Waals surface area contributed by atoms with Gasteiger partial charge in [0.05, 0.1) is 16.3 Å². The zero-order chi connectivity index (χ0) is 17.2. The fraction of sp³-hybridized carbons (Fsp3) is 0.125. The summed E-state index contributed by atoms with van der Waals surface area (Å²) < 4.78 is 17.3. The van der Waals surface area contributed by atoms with Crippen molar-refractivity contribution in [3.05, 3.63) is 58.9 Å². The number of hydrogen-bond donors (Lipinski definition) is 0. The van der Waals surface area contributed by atoms with Crippen molar-refractivity contribution in [1.29, 1.82) is 0 Å². The third kappa shape index (κ3) is 3.11. The molecule has 0 bridgehead atoms. The second kappa shape index (κ2) is 6.40. The molecule has 0 saturated carbocycles. The second-order valence-corrected chi connectivity index (χ2v) is 5.60. The van der Waals surface area contributed by atoms with Crippen LogP contribution in [-0.4, -0.2) is 33.0 Å². The highest BCUT2D eigenvalue weighted by atomic mass is 35.5. The lowest BCUT2D eigenvalue weighted by Crippen LogP contribution is -2.06. The minimum Gasteiger partial charge on any atom is -0.457 e. The van der Waals surface area contributed by atoms with Gasteiger partial charge in [-0.2, -0.15) is 0 Å². The van der Waals surface area contributed by atoms with Crippen molar-refractivity contribution in [2.75, 3.05) is 6.79 Å². The maximum atomic E-state index is 12.2. The number of fused-ring (bicyclic) bond motifs is 1. The number of nitrogens with zero attached hydrogens (tertiary/aromatic N) is 4. The number of carbonyl (C=O) groups is 1. The number of carbonyl (C=O) groups excluding carboxylic acids is 1. The minimum atomic E-state index is -0.447. The zero-order valence-corrected chi connectivity index (χ0v) is 13.5. The maximum Gasteiger partial charge on any atom is 0.338 e. The first kappa shape index (κ1) is 15.4. The van der Waals surface area contributed by atoms with Gasteiger partial charge in [0.1, 0.15) is 12.9 Å². The van der Waals surface area contributed by atoms with Crippen molar-refractivity contribution in [3.8, 4) is 17.2 Å². The second-order valence-electron chi connectivity index (χ2n) is 5.19. The molecule has 0 N–H and O–H groups in total. The molecule has 0 radical (unpaired) electrons. The molecule has 0 aliphatic carbocycles. The van der Waals surface area contributed by atoms with Crippen LogP contribution >= 0.6 is 11.6 Å². The monoisotopic (exact) mass is 358 g/mol.